The van der Waals surface area contributed by atoms with Crippen LogP contribution in [0.15, 0.2) is 28.9 Å². The van der Waals surface area contributed by atoms with Crippen molar-refractivity contribution in [2.45, 2.75) is 31.7 Å². The smallest absolute Gasteiger partial charge is 0.224 e. The highest BCUT2D eigenvalue weighted by atomic mass is 35.5. The number of furan rings is 1. The van der Waals surface area contributed by atoms with E-state index in [4.69, 9.17) is 14.9 Å². The van der Waals surface area contributed by atoms with Crippen molar-refractivity contribution in [3.8, 4) is 5.75 Å². The Bertz CT molecular complexity index is 671. The molecule has 1 aromatic carbocycles. The molecule has 1 aromatic heterocycles. The van der Waals surface area contributed by atoms with Gasteiger partial charge >= 0.3 is 0 Å². The van der Waals surface area contributed by atoms with Crippen molar-refractivity contribution in [3.63, 3.8) is 0 Å². The fraction of sp³-hybridized carbons (Fsp3) is 0.471. The quantitative estimate of drug-likeness (QED) is 0.878. The maximum Gasteiger partial charge on any atom is 0.224 e. The van der Waals surface area contributed by atoms with Crippen LogP contribution in [-0.2, 0) is 11.2 Å². The molecule has 5 nitrogen and oxygen atoms in total. The molecule has 2 atom stereocenters. The molecule has 0 spiro atoms. The zero-order valence-electron chi connectivity index (χ0n) is 13.2. The van der Waals surface area contributed by atoms with Crippen LogP contribution < -0.4 is 15.8 Å². The number of methoxy groups -OCH3 is 1. The van der Waals surface area contributed by atoms with Crippen LogP contribution in [0.5, 0.6) is 5.75 Å². The van der Waals surface area contributed by atoms with Gasteiger partial charge < -0.3 is 20.2 Å². The van der Waals surface area contributed by atoms with Gasteiger partial charge in [0.1, 0.15) is 11.3 Å². The zero-order chi connectivity index (χ0) is 15.5. The van der Waals surface area contributed by atoms with E-state index in [1.165, 1.54) is 0 Å². The van der Waals surface area contributed by atoms with Crippen LogP contribution in [0, 0.1) is 5.92 Å². The van der Waals surface area contributed by atoms with E-state index in [9.17, 15) is 4.79 Å². The van der Waals surface area contributed by atoms with Gasteiger partial charge in [-0.3, -0.25) is 4.79 Å². The molecule has 0 radical (unpaired) electrons. The molecule has 126 valence electrons. The average Bonchev–Trinajstić information content (AvgIpc) is 3.13. The van der Waals surface area contributed by atoms with Gasteiger partial charge in [0.2, 0.25) is 5.91 Å². The third kappa shape index (κ3) is 3.79. The van der Waals surface area contributed by atoms with E-state index in [0.29, 0.717) is 18.9 Å². The van der Waals surface area contributed by atoms with Gasteiger partial charge in [-0.15, -0.1) is 12.4 Å². The number of hydrogen-bond acceptors (Lipinski definition) is 4. The molecule has 1 amide bonds. The molecule has 1 aliphatic carbocycles. The van der Waals surface area contributed by atoms with Crippen LogP contribution in [0.3, 0.4) is 0 Å². The normalized spacial score (nSPS) is 20.3. The first kappa shape index (κ1) is 17.6. The summed E-state index contributed by atoms with van der Waals surface area (Å²) in [7, 11) is 1.62. The second-order valence-electron chi connectivity index (χ2n) is 5.90. The van der Waals surface area contributed by atoms with Crippen LogP contribution in [0.25, 0.3) is 11.0 Å². The van der Waals surface area contributed by atoms with E-state index in [1.54, 1.807) is 13.4 Å². The number of carbonyl (C=O) groups excluding carboxylic acids is 1. The van der Waals surface area contributed by atoms with Crippen molar-refractivity contribution < 1.29 is 13.9 Å². The molecule has 1 fully saturated rings. The van der Waals surface area contributed by atoms with E-state index in [0.717, 1.165) is 41.5 Å². The summed E-state index contributed by atoms with van der Waals surface area (Å²) in [5, 5.41) is 4.08. The molecule has 2 aromatic rings. The monoisotopic (exact) mass is 338 g/mol. The highest BCUT2D eigenvalue weighted by Gasteiger charge is 2.27. The molecule has 6 heteroatoms. The molecule has 0 aliphatic heterocycles. The molecule has 0 saturated heterocycles. The number of amides is 1. The Balaban J connectivity index is 0.00000192. The average molecular weight is 339 g/mol. The number of nitrogens with one attached hydrogen (secondary N) is 1. The lowest BCUT2D eigenvalue weighted by Crippen LogP contribution is -2.40. The topological polar surface area (TPSA) is 77.5 Å². The SMILES string of the molecule is COc1ccc2c(CC(=O)NC3CCCC3CN)coc2c1.Cl. The molecule has 23 heavy (non-hydrogen) atoms. The molecule has 1 aliphatic rings. The molecule has 3 rings (SSSR count). The van der Waals surface area contributed by atoms with Crippen LogP contribution in [0.4, 0.5) is 0 Å². The Kier molecular flexibility index (Phi) is 5.91. The number of nitrogens with two attached hydrogens (primary N) is 1. The van der Waals surface area contributed by atoms with Gasteiger partial charge in [0.25, 0.3) is 0 Å². The fourth-order valence-electron chi connectivity index (χ4n) is 3.27. The van der Waals surface area contributed by atoms with Gasteiger partial charge in [-0.2, -0.15) is 0 Å². The lowest BCUT2D eigenvalue weighted by molar-refractivity contribution is -0.121. The van der Waals surface area contributed by atoms with E-state index in [1.807, 2.05) is 18.2 Å². The third-order valence-corrected chi connectivity index (χ3v) is 4.52. The zero-order valence-corrected chi connectivity index (χ0v) is 14.0. The number of rotatable bonds is 5. The van der Waals surface area contributed by atoms with Crippen molar-refractivity contribution in [3.05, 3.63) is 30.0 Å². The second kappa shape index (κ2) is 7.70. The van der Waals surface area contributed by atoms with Gasteiger partial charge in [-0.1, -0.05) is 6.42 Å². The van der Waals surface area contributed by atoms with Gasteiger partial charge in [-0.25, -0.2) is 0 Å². The highest BCUT2D eigenvalue weighted by Crippen LogP contribution is 2.27. The van der Waals surface area contributed by atoms with Gasteiger partial charge in [-0.05, 0) is 37.4 Å². The first-order valence-corrected chi connectivity index (χ1v) is 7.75. The predicted octanol–water partition coefficient (Wildman–Crippen LogP) is 2.65. The maximum atomic E-state index is 12.3. The highest BCUT2D eigenvalue weighted by molar-refractivity contribution is 5.88. The summed E-state index contributed by atoms with van der Waals surface area (Å²) in [5.41, 5.74) is 7.40. The molecular formula is C17H23ClN2O3. The maximum absolute atomic E-state index is 12.3. The summed E-state index contributed by atoms with van der Waals surface area (Å²) in [6.07, 6.45) is 5.25. The summed E-state index contributed by atoms with van der Waals surface area (Å²) in [5.74, 6) is 1.19. The fourth-order valence-corrected chi connectivity index (χ4v) is 3.27. The molecule has 1 saturated carbocycles. The Labute approximate surface area is 142 Å². The first-order valence-electron chi connectivity index (χ1n) is 7.75. The van der Waals surface area contributed by atoms with Gasteiger partial charge in [0.15, 0.2) is 0 Å². The number of benzene rings is 1. The summed E-state index contributed by atoms with van der Waals surface area (Å²) in [4.78, 5) is 12.3. The van der Waals surface area contributed by atoms with E-state index < -0.39 is 0 Å². The largest absolute Gasteiger partial charge is 0.497 e. The van der Waals surface area contributed by atoms with Crippen molar-refractivity contribution in [1.82, 2.24) is 5.32 Å². The van der Waals surface area contributed by atoms with Crippen LogP contribution in [0.2, 0.25) is 0 Å². The Morgan fingerprint density at radius 2 is 2.26 bits per heavy atom. The van der Waals surface area contributed by atoms with Crippen LogP contribution >= 0.6 is 12.4 Å². The lowest BCUT2D eigenvalue weighted by Gasteiger charge is -2.19. The van der Waals surface area contributed by atoms with Crippen molar-refractivity contribution >= 4 is 29.3 Å². The van der Waals surface area contributed by atoms with E-state index >= 15 is 0 Å². The summed E-state index contributed by atoms with van der Waals surface area (Å²) in [6.45, 7) is 0.638. The van der Waals surface area contributed by atoms with Crippen molar-refractivity contribution in [2.75, 3.05) is 13.7 Å². The minimum atomic E-state index is 0. The van der Waals surface area contributed by atoms with Crippen molar-refractivity contribution in [1.29, 1.82) is 0 Å². The van der Waals surface area contributed by atoms with E-state index in [2.05, 4.69) is 5.32 Å². The Morgan fingerprint density at radius 3 is 3.00 bits per heavy atom. The third-order valence-electron chi connectivity index (χ3n) is 4.52. The molecule has 2 unspecified atom stereocenters. The van der Waals surface area contributed by atoms with Gasteiger partial charge in [0.05, 0.1) is 19.8 Å². The Morgan fingerprint density at radius 1 is 1.43 bits per heavy atom. The van der Waals surface area contributed by atoms with Crippen LogP contribution in [-0.4, -0.2) is 25.6 Å². The number of hydrogen-bond donors (Lipinski definition) is 2. The lowest BCUT2D eigenvalue weighted by atomic mass is 10.0. The number of ether oxygens (including phenoxy) is 1. The molecular weight excluding hydrogens is 316 g/mol. The molecule has 1 heterocycles. The number of carbonyl (C=O) groups is 1. The van der Waals surface area contributed by atoms with Gasteiger partial charge in [0, 0.05) is 23.1 Å². The summed E-state index contributed by atoms with van der Waals surface area (Å²) < 4.78 is 10.7. The van der Waals surface area contributed by atoms with E-state index in [-0.39, 0.29) is 24.4 Å². The first-order chi connectivity index (χ1) is 10.7. The second-order valence-corrected chi connectivity index (χ2v) is 5.90. The molecule has 3 N–H and O–H groups in total. The Hall–Kier alpha value is -1.72. The predicted molar refractivity (Wildman–Crippen MR) is 92.0 cm³/mol. The minimum Gasteiger partial charge on any atom is -0.497 e. The van der Waals surface area contributed by atoms with Crippen LogP contribution in [0.1, 0.15) is 24.8 Å². The van der Waals surface area contributed by atoms with Crippen molar-refractivity contribution in [2.24, 2.45) is 11.7 Å². The number of fused-ring (bicyclic) bond motifs is 1. The molecule has 0 bridgehead atoms. The standard InChI is InChI=1S/C17H22N2O3.ClH/c1-21-13-5-6-14-12(10-22-16(14)8-13)7-17(20)19-15-4-2-3-11(15)9-18;/h5-6,8,10-11,15H,2-4,7,9,18H2,1H3,(H,19,20);1H. The number of halogens is 1. The minimum absolute atomic E-state index is 0. The summed E-state index contributed by atoms with van der Waals surface area (Å²) >= 11 is 0. The summed E-state index contributed by atoms with van der Waals surface area (Å²) in [6, 6.07) is 5.85.